The summed E-state index contributed by atoms with van der Waals surface area (Å²) in [5.41, 5.74) is 1.22. The van der Waals surface area contributed by atoms with Crippen LogP contribution in [0.15, 0.2) is 10.4 Å². The molecule has 1 aromatic heterocycles. The lowest BCUT2D eigenvalue weighted by molar-refractivity contribution is 0.176. The fourth-order valence-corrected chi connectivity index (χ4v) is 3.18. The van der Waals surface area contributed by atoms with Gasteiger partial charge in [0.25, 0.3) is 0 Å². The van der Waals surface area contributed by atoms with Gasteiger partial charge in [0.2, 0.25) is 0 Å². The second-order valence-corrected chi connectivity index (χ2v) is 6.34. The lowest BCUT2D eigenvalue weighted by Crippen LogP contribution is -2.41. The minimum atomic E-state index is 0.744. The number of aliphatic imine (C=N–C) groups is 1. The molecule has 0 aromatic carbocycles. The van der Waals surface area contributed by atoms with Crippen molar-refractivity contribution in [2.24, 2.45) is 10.9 Å². The maximum Gasteiger partial charge on any atom is 0.190 e. The average Bonchev–Trinajstić information content (AvgIpc) is 2.87. The summed E-state index contributed by atoms with van der Waals surface area (Å²) in [6.45, 7) is 6.42. The Morgan fingerprint density at radius 1 is 1.50 bits per heavy atom. The van der Waals surface area contributed by atoms with E-state index in [1.165, 1.54) is 31.6 Å². The van der Waals surface area contributed by atoms with Gasteiger partial charge >= 0.3 is 0 Å². The van der Waals surface area contributed by atoms with Gasteiger partial charge in [0.1, 0.15) is 0 Å². The molecule has 2 rings (SSSR count). The second kappa shape index (κ2) is 7.59. The van der Waals surface area contributed by atoms with E-state index in [0.717, 1.165) is 30.0 Å². The summed E-state index contributed by atoms with van der Waals surface area (Å²) in [5, 5.41) is 9.77. The first-order chi connectivity index (χ1) is 9.71. The standard InChI is InChI=1S/C14H25N5S/c1-11-18-13(10-20-11)9-19-6-4-12(5-7-19)8-17-14(15-2)16-3/h10,12H,4-9H2,1-3H3,(H2,15,16,17). The molecule has 0 bridgehead atoms. The van der Waals surface area contributed by atoms with Gasteiger partial charge in [0.15, 0.2) is 5.96 Å². The van der Waals surface area contributed by atoms with Crippen molar-refractivity contribution >= 4 is 17.3 Å². The number of nitrogens with one attached hydrogen (secondary N) is 2. The molecule has 0 atom stereocenters. The van der Waals surface area contributed by atoms with E-state index in [2.05, 4.69) is 37.8 Å². The van der Waals surface area contributed by atoms with Crippen molar-refractivity contribution in [2.75, 3.05) is 33.7 Å². The topological polar surface area (TPSA) is 52.6 Å². The van der Waals surface area contributed by atoms with E-state index in [0.29, 0.717) is 0 Å². The highest BCUT2D eigenvalue weighted by Crippen LogP contribution is 2.19. The molecule has 1 aromatic rings. The molecule has 5 nitrogen and oxygen atoms in total. The van der Waals surface area contributed by atoms with Gasteiger partial charge in [-0.25, -0.2) is 4.98 Å². The third-order valence-corrected chi connectivity index (χ3v) is 4.60. The highest BCUT2D eigenvalue weighted by molar-refractivity contribution is 7.09. The first-order valence-corrected chi connectivity index (χ1v) is 8.11. The molecule has 112 valence electrons. The van der Waals surface area contributed by atoms with Crippen molar-refractivity contribution in [3.8, 4) is 0 Å². The number of hydrogen-bond donors (Lipinski definition) is 2. The number of thiazole rings is 1. The third kappa shape index (κ3) is 4.45. The third-order valence-electron chi connectivity index (χ3n) is 3.78. The van der Waals surface area contributed by atoms with Crippen LogP contribution in [0.5, 0.6) is 0 Å². The summed E-state index contributed by atoms with van der Waals surface area (Å²) in [6.07, 6.45) is 2.49. The van der Waals surface area contributed by atoms with E-state index in [-0.39, 0.29) is 0 Å². The minimum absolute atomic E-state index is 0.744. The van der Waals surface area contributed by atoms with Gasteiger partial charge in [-0.05, 0) is 38.8 Å². The zero-order valence-electron chi connectivity index (χ0n) is 12.6. The molecular formula is C14H25N5S. The van der Waals surface area contributed by atoms with Crippen LogP contribution < -0.4 is 10.6 Å². The molecule has 0 amide bonds. The van der Waals surface area contributed by atoms with Crippen molar-refractivity contribution in [2.45, 2.75) is 26.3 Å². The van der Waals surface area contributed by atoms with Crippen molar-refractivity contribution in [1.82, 2.24) is 20.5 Å². The molecule has 0 radical (unpaired) electrons. The largest absolute Gasteiger partial charge is 0.359 e. The smallest absolute Gasteiger partial charge is 0.190 e. The van der Waals surface area contributed by atoms with Gasteiger partial charge in [-0.2, -0.15) is 0 Å². The number of aryl methyl sites for hydroxylation is 1. The molecule has 0 saturated carbocycles. The van der Waals surface area contributed by atoms with Gasteiger partial charge in [0, 0.05) is 32.6 Å². The molecule has 1 aliphatic heterocycles. The molecule has 1 aliphatic rings. The van der Waals surface area contributed by atoms with Crippen molar-refractivity contribution < 1.29 is 0 Å². The van der Waals surface area contributed by atoms with Gasteiger partial charge in [-0.1, -0.05) is 0 Å². The van der Waals surface area contributed by atoms with Crippen LogP contribution in [0.25, 0.3) is 0 Å². The van der Waals surface area contributed by atoms with Crippen molar-refractivity contribution in [1.29, 1.82) is 0 Å². The fraction of sp³-hybridized carbons (Fsp3) is 0.714. The number of rotatable bonds is 4. The predicted molar refractivity (Wildman–Crippen MR) is 85.3 cm³/mol. The molecule has 0 spiro atoms. The lowest BCUT2D eigenvalue weighted by atomic mass is 9.97. The number of aromatic nitrogens is 1. The number of likely N-dealkylation sites (tertiary alicyclic amines) is 1. The maximum atomic E-state index is 4.55. The SMILES string of the molecule is CN=C(NC)NCC1CCN(Cc2csc(C)n2)CC1. The van der Waals surface area contributed by atoms with Crippen LogP contribution in [0.3, 0.4) is 0 Å². The molecule has 1 fully saturated rings. The van der Waals surface area contributed by atoms with E-state index < -0.39 is 0 Å². The summed E-state index contributed by atoms with van der Waals surface area (Å²) in [7, 11) is 3.70. The van der Waals surface area contributed by atoms with E-state index in [9.17, 15) is 0 Å². The monoisotopic (exact) mass is 295 g/mol. The highest BCUT2D eigenvalue weighted by Gasteiger charge is 2.19. The Morgan fingerprint density at radius 3 is 2.80 bits per heavy atom. The van der Waals surface area contributed by atoms with E-state index >= 15 is 0 Å². The number of hydrogen-bond acceptors (Lipinski definition) is 4. The van der Waals surface area contributed by atoms with Crippen molar-refractivity contribution in [3.05, 3.63) is 16.1 Å². The van der Waals surface area contributed by atoms with Gasteiger partial charge in [0.05, 0.1) is 10.7 Å². The predicted octanol–water partition coefficient (Wildman–Crippen LogP) is 1.46. The Balaban J connectivity index is 1.70. The lowest BCUT2D eigenvalue weighted by Gasteiger charge is -2.31. The molecule has 6 heteroatoms. The fourth-order valence-electron chi connectivity index (χ4n) is 2.58. The second-order valence-electron chi connectivity index (χ2n) is 5.28. The van der Waals surface area contributed by atoms with Gasteiger partial charge in [-0.15, -0.1) is 11.3 Å². The summed E-state index contributed by atoms with van der Waals surface area (Å²) < 4.78 is 0. The van der Waals surface area contributed by atoms with Gasteiger partial charge in [-0.3, -0.25) is 9.89 Å². The number of guanidine groups is 1. The Morgan fingerprint density at radius 2 is 2.25 bits per heavy atom. The maximum absolute atomic E-state index is 4.55. The van der Waals surface area contributed by atoms with Gasteiger partial charge < -0.3 is 10.6 Å². The zero-order valence-corrected chi connectivity index (χ0v) is 13.5. The normalized spacial score (nSPS) is 18.2. The highest BCUT2D eigenvalue weighted by atomic mass is 32.1. The average molecular weight is 295 g/mol. The molecule has 0 aliphatic carbocycles. The summed E-state index contributed by atoms with van der Waals surface area (Å²) in [5.74, 6) is 1.62. The summed E-state index contributed by atoms with van der Waals surface area (Å²) in [4.78, 5) is 11.2. The van der Waals surface area contributed by atoms with E-state index in [1.54, 1.807) is 18.4 Å². The number of nitrogens with zero attached hydrogens (tertiary/aromatic N) is 3. The molecule has 2 heterocycles. The summed E-state index contributed by atoms with van der Waals surface area (Å²) in [6, 6.07) is 0. The van der Waals surface area contributed by atoms with Crippen LogP contribution in [0, 0.1) is 12.8 Å². The quantitative estimate of drug-likeness (QED) is 0.652. The summed E-state index contributed by atoms with van der Waals surface area (Å²) >= 11 is 1.74. The molecule has 1 saturated heterocycles. The Bertz CT molecular complexity index is 435. The Hall–Kier alpha value is -1.14. The first-order valence-electron chi connectivity index (χ1n) is 7.23. The van der Waals surface area contributed by atoms with E-state index in [1.807, 2.05) is 7.05 Å². The molecular weight excluding hydrogens is 270 g/mol. The minimum Gasteiger partial charge on any atom is -0.359 e. The van der Waals surface area contributed by atoms with E-state index in [4.69, 9.17) is 0 Å². The molecule has 20 heavy (non-hydrogen) atoms. The van der Waals surface area contributed by atoms with Crippen LogP contribution >= 0.6 is 11.3 Å². The Labute approximate surface area is 125 Å². The molecule has 0 unspecified atom stereocenters. The van der Waals surface area contributed by atoms with Crippen LogP contribution in [-0.4, -0.2) is 49.6 Å². The Kier molecular flexibility index (Phi) is 5.79. The zero-order chi connectivity index (χ0) is 14.4. The van der Waals surface area contributed by atoms with Crippen LogP contribution in [0.4, 0.5) is 0 Å². The number of piperidine rings is 1. The first kappa shape index (κ1) is 15.3. The van der Waals surface area contributed by atoms with Crippen LogP contribution in [0.2, 0.25) is 0 Å². The molecule has 2 N–H and O–H groups in total. The van der Waals surface area contributed by atoms with Crippen LogP contribution in [-0.2, 0) is 6.54 Å². The van der Waals surface area contributed by atoms with Crippen LogP contribution in [0.1, 0.15) is 23.5 Å². The van der Waals surface area contributed by atoms with Crippen molar-refractivity contribution in [3.63, 3.8) is 0 Å².